The van der Waals surface area contributed by atoms with Gasteiger partial charge in [0.2, 0.25) is 0 Å². The smallest absolute Gasteiger partial charge is 0.0477 e. The van der Waals surface area contributed by atoms with E-state index in [0.717, 1.165) is 19.6 Å². The summed E-state index contributed by atoms with van der Waals surface area (Å²) in [7, 11) is 1.72. The molecule has 0 spiro atoms. The van der Waals surface area contributed by atoms with Crippen LogP contribution in [0.3, 0.4) is 0 Å². The van der Waals surface area contributed by atoms with Gasteiger partial charge in [-0.25, -0.2) is 0 Å². The number of hydrogen-bond donors (Lipinski definition) is 2. The van der Waals surface area contributed by atoms with Gasteiger partial charge < -0.3 is 15.8 Å². The molecule has 0 aromatic heterocycles. The summed E-state index contributed by atoms with van der Waals surface area (Å²) in [5.41, 5.74) is 6.33. The van der Waals surface area contributed by atoms with Crippen LogP contribution in [0.1, 0.15) is 45.4 Å². The van der Waals surface area contributed by atoms with Gasteiger partial charge in [-0.15, -0.1) is 0 Å². The van der Waals surface area contributed by atoms with E-state index in [4.69, 9.17) is 10.5 Å². The van der Waals surface area contributed by atoms with E-state index < -0.39 is 0 Å². The summed E-state index contributed by atoms with van der Waals surface area (Å²) in [6.45, 7) is 4.01. The van der Waals surface area contributed by atoms with Crippen molar-refractivity contribution in [3.8, 4) is 0 Å². The Hall–Kier alpha value is -0.120. The van der Waals surface area contributed by atoms with Gasteiger partial charge >= 0.3 is 0 Å². The molecule has 0 bridgehead atoms. The van der Waals surface area contributed by atoms with E-state index in [1.54, 1.807) is 7.11 Å². The zero-order valence-corrected chi connectivity index (χ0v) is 10.2. The van der Waals surface area contributed by atoms with Crippen molar-refractivity contribution in [2.24, 2.45) is 5.73 Å². The van der Waals surface area contributed by atoms with Crippen molar-refractivity contribution in [3.63, 3.8) is 0 Å². The van der Waals surface area contributed by atoms with Crippen LogP contribution in [-0.4, -0.2) is 31.8 Å². The van der Waals surface area contributed by atoms with Gasteiger partial charge in [0.15, 0.2) is 0 Å². The Balaban J connectivity index is 2.16. The molecule has 3 N–H and O–H groups in total. The first-order valence-corrected chi connectivity index (χ1v) is 6.16. The van der Waals surface area contributed by atoms with Crippen LogP contribution in [-0.2, 0) is 4.74 Å². The van der Waals surface area contributed by atoms with Crippen molar-refractivity contribution in [1.29, 1.82) is 0 Å². The lowest BCUT2D eigenvalue weighted by molar-refractivity contribution is 0.182. The molecule has 1 rings (SSSR count). The molecule has 0 aromatic carbocycles. The van der Waals surface area contributed by atoms with Crippen LogP contribution in [0.5, 0.6) is 0 Å². The van der Waals surface area contributed by atoms with Crippen LogP contribution in [0.25, 0.3) is 0 Å². The van der Waals surface area contributed by atoms with Gasteiger partial charge in [-0.2, -0.15) is 0 Å². The lowest BCUT2D eigenvalue weighted by Gasteiger charge is -2.35. The van der Waals surface area contributed by atoms with E-state index in [2.05, 4.69) is 12.2 Å². The van der Waals surface area contributed by atoms with Gasteiger partial charge in [0.25, 0.3) is 0 Å². The molecule has 1 saturated carbocycles. The van der Waals surface area contributed by atoms with Gasteiger partial charge in [-0.1, -0.05) is 19.3 Å². The highest BCUT2D eigenvalue weighted by molar-refractivity contribution is 4.87. The third-order valence-electron chi connectivity index (χ3n) is 3.44. The van der Waals surface area contributed by atoms with E-state index in [0.29, 0.717) is 5.54 Å². The molecule has 0 amide bonds. The van der Waals surface area contributed by atoms with E-state index in [1.165, 1.54) is 32.1 Å². The molecule has 1 atom stereocenters. The highest BCUT2D eigenvalue weighted by Gasteiger charge is 2.26. The fourth-order valence-electron chi connectivity index (χ4n) is 2.26. The monoisotopic (exact) mass is 214 g/mol. The lowest BCUT2D eigenvalue weighted by atomic mass is 9.83. The zero-order chi connectivity index (χ0) is 11.1. The molecule has 1 aliphatic rings. The van der Waals surface area contributed by atoms with E-state index in [9.17, 15) is 0 Å². The Kier molecular flexibility index (Phi) is 5.58. The maximum Gasteiger partial charge on any atom is 0.0477 e. The summed E-state index contributed by atoms with van der Waals surface area (Å²) in [5.74, 6) is 0. The molecule has 0 heterocycles. The first-order chi connectivity index (χ1) is 7.16. The normalized spacial score (nSPS) is 22.6. The summed E-state index contributed by atoms with van der Waals surface area (Å²) in [6, 6.07) is 0.226. The Bertz CT molecular complexity index is 167. The summed E-state index contributed by atoms with van der Waals surface area (Å²) in [6.07, 6.45) is 7.65. The molecule has 3 nitrogen and oxygen atoms in total. The standard InChI is InChI=1S/C12H26N2O/c1-12(7-4-3-5-8-12)14-10-11(13)6-9-15-2/h11,14H,3-10,13H2,1-2H3. The Labute approximate surface area is 93.8 Å². The minimum atomic E-state index is 0.226. The number of nitrogens with one attached hydrogen (secondary N) is 1. The van der Waals surface area contributed by atoms with Crippen LogP contribution >= 0.6 is 0 Å². The predicted molar refractivity (Wildman–Crippen MR) is 64.0 cm³/mol. The van der Waals surface area contributed by atoms with Crippen LogP contribution in [0, 0.1) is 0 Å². The third-order valence-corrected chi connectivity index (χ3v) is 3.44. The first-order valence-electron chi connectivity index (χ1n) is 6.16. The molecule has 0 aromatic rings. The Morgan fingerprint density at radius 2 is 2.00 bits per heavy atom. The van der Waals surface area contributed by atoms with Crippen molar-refractivity contribution in [3.05, 3.63) is 0 Å². The SMILES string of the molecule is COCCC(N)CNC1(C)CCCCC1. The summed E-state index contributed by atoms with van der Waals surface area (Å²) < 4.78 is 5.02. The number of methoxy groups -OCH3 is 1. The molecule has 1 fully saturated rings. The van der Waals surface area contributed by atoms with Crippen LogP contribution in [0.4, 0.5) is 0 Å². The predicted octanol–water partition coefficient (Wildman–Crippen LogP) is 1.66. The molecule has 1 unspecified atom stereocenters. The Morgan fingerprint density at radius 3 is 2.60 bits per heavy atom. The fraction of sp³-hybridized carbons (Fsp3) is 1.00. The zero-order valence-electron chi connectivity index (χ0n) is 10.2. The maximum atomic E-state index is 5.99. The summed E-state index contributed by atoms with van der Waals surface area (Å²) in [4.78, 5) is 0. The average molecular weight is 214 g/mol. The lowest BCUT2D eigenvalue weighted by Crippen LogP contribution is -2.49. The number of nitrogens with two attached hydrogens (primary N) is 1. The minimum Gasteiger partial charge on any atom is -0.385 e. The molecule has 0 saturated heterocycles. The summed E-state index contributed by atoms with van der Waals surface area (Å²) in [5, 5.41) is 3.63. The van der Waals surface area contributed by atoms with Crippen LogP contribution in [0.15, 0.2) is 0 Å². The van der Waals surface area contributed by atoms with Crippen LogP contribution in [0.2, 0.25) is 0 Å². The quantitative estimate of drug-likeness (QED) is 0.707. The summed E-state index contributed by atoms with van der Waals surface area (Å²) >= 11 is 0. The van der Waals surface area contributed by atoms with Gasteiger partial charge in [0.05, 0.1) is 0 Å². The Morgan fingerprint density at radius 1 is 1.33 bits per heavy atom. The highest BCUT2D eigenvalue weighted by atomic mass is 16.5. The second kappa shape index (κ2) is 6.46. The van der Waals surface area contributed by atoms with Crippen molar-refractivity contribution in [1.82, 2.24) is 5.32 Å². The van der Waals surface area contributed by atoms with Gasteiger partial charge in [-0.3, -0.25) is 0 Å². The van der Waals surface area contributed by atoms with Crippen LogP contribution < -0.4 is 11.1 Å². The molecule has 0 aliphatic heterocycles. The molecular weight excluding hydrogens is 188 g/mol. The largest absolute Gasteiger partial charge is 0.385 e. The minimum absolute atomic E-state index is 0.226. The second-order valence-corrected chi connectivity index (χ2v) is 5.04. The van der Waals surface area contributed by atoms with Crippen molar-refractivity contribution in [2.45, 2.75) is 57.0 Å². The maximum absolute atomic E-state index is 5.99. The van der Waals surface area contributed by atoms with E-state index in [1.807, 2.05) is 0 Å². The topological polar surface area (TPSA) is 47.3 Å². The van der Waals surface area contributed by atoms with E-state index in [-0.39, 0.29) is 6.04 Å². The van der Waals surface area contributed by atoms with Crippen molar-refractivity contribution < 1.29 is 4.74 Å². The van der Waals surface area contributed by atoms with Gasteiger partial charge in [-0.05, 0) is 26.2 Å². The number of ether oxygens (including phenoxy) is 1. The fourth-order valence-corrected chi connectivity index (χ4v) is 2.26. The number of hydrogen-bond acceptors (Lipinski definition) is 3. The van der Waals surface area contributed by atoms with Gasteiger partial charge in [0, 0.05) is 31.8 Å². The molecule has 1 aliphatic carbocycles. The first kappa shape index (κ1) is 12.9. The second-order valence-electron chi connectivity index (χ2n) is 5.04. The molecular formula is C12H26N2O. The third kappa shape index (κ3) is 4.96. The van der Waals surface area contributed by atoms with Crippen molar-refractivity contribution >= 4 is 0 Å². The van der Waals surface area contributed by atoms with Gasteiger partial charge in [0.1, 0.15) is 0 Å². The molecule has 3 heteroatoms. The molecule has 15 heavy (non-hydrogen) atoms. The van der Waals surface area contributed by atoms with E-state index >= 15 is 0 Å². The van der Waals surface area contributed by atoms with Crippen molar-refractivity contribution in [2.75, 3.05) is 20.3 Å². The molecule has 90 valence electrons. The highest BCUT2D eigenvalue weighted by Crippen LogP contribution is 2.27. The average Bonchev–Trinajstić information content (AvgIpc) is 2.25. The number of rotatable bonds is 6. The molecule has 0 radical (unpaired) electrons.